The van der Waals surface area contributed by atoms with Crippen LogP contribution in [0.2, 0.25) is 0 Å². The standard InChI is InChI=1S/C24H36BrN3O7/c1-4-5-27(7-6-26-8-10-34-11-9-26)22(31)20-24-12-15(25)19(35-24)17(23(32)33)18(24)21(30)28(20)16(13-29)14(2)3/h4,14-20,29H,1,5-13H2,2-3H3,(H,32,33)/t15?,16-,17-,18-,19-,20?,24?/m0/s1. The van der Waals surface area contributed by atoms with E-state index in [9.17, 15) is 24.6 Å². The number of hydrogen-bond donors (Lipinski definition) is 2. The number of carbonyl (C=O) groups excluding carboxylic acids is 2. The second-order valence-electron chi connectivity index (χ2n) is 10.3. The van der Waals surface area contributed by atoms with Gasteiger partial charge in [0.2, 0.25) is 11.8 Å². The number of amides is 2. The number of morpholine rings is 1. The van der Waals surface area contributed by atoms with Gasteiger partial charge in [0.25, 0.3) is 0 Å². The maximum absolute atomic E-state index is 14.2. The van der Waals surface area contributed by atoms with Gasteiger partial charge in [-0.25, -0.2) is 0 Å². The molecule has 0 aromatic heterocycles. The molecule has 2 bridgehead atoms. The van der Waals surface area contributed by atoms with E-state index >= 15 is 0 Å². The van der Waals surface area contributed by atoms with Gasteiger partial charge in [0, 0.05) is 37.6 Å². The van der Waals surface area contributed by atoms with Crippen LogP contribution in [0.1, 0.15) is 20.3 Å². The molecule has 7 atom stereocenters. The first-order valence-electron chi connectivity index (χ1n) is 12.4. The topological polar surface area (TPSA) is 120 Å². The molecule has 4 aliphatic rings. The maximum Gasteiger partial charge on any atom is 0.310 e. The van der Waals surface area contributed by atoms with Crippen molar-refractivity contribution < 1.29 is 34.1 Å². The average Bonchev–Trinajstić information content (AvgIpc) is 3.41. The van der Waals surface area contributed by atoms with Crippen LogP contribution in [0.3, 0.4) is 0 Å². The third-order valence-electron chi connectivity index (χ3n) is 8.01. The number of ether oxygens (including phenoxy) is 2. The Kier molecular flexibility index (Phi) is 7.92. The van der Waals surface area contributed by atoms with Crippen LogP contribution in [0.4, 0.5) is 0 Å². The molecule has 2 N–H and O–H groups in total. The van der Waals surface area contributed by atoms with E-state index < -0.39 is 47.5 Å². The summed E-state index contributed by atoms with van der Waals surface area (Å²) in [7, 11) is 0. The summed E-state index contributed by atoms with van der Waals surface area (Å²) in [6.07, 6.45) is 1.32. The number of aliphatic hydroxyl groups excluding tert-OH is 1. The van der Waals surface area contributed by atoms with Crippen molar-refractivity contribution in [3.63, 3.8) is 0 Å². The lowest BCUT2D eigenvalue weighted by Gasteiger charge is -2.41. The Morgan fingerprint density at radius 1 is 1.34 bits per heavy atom. The van der Waals surface area contributed by atoms with E-state index in [1.54, 1.807) is 11.0 Å². The van der Waals surface area contributed by atoms with Gasteiger partial charge < -0.3 is 29.5 Å². The third kappa shape index (κ3) is 4.43. The number of carbonyl (C=O) groups is 3. The molecule has 4 rings (SSSR count). The second-order valence-corrected chi connectivity index (χ2v) is 11.4. The quantitative estimate of drug-likeness (QED) is 0.288. The molecule has 0 aliphatic carbocycles. The Balaban J connectivity index is 1.70. The summed E-state index contributed by atoms with van der Waals surface area (Å²) in [6.45, 7) is 11.5. The fourth-order valence-electron chi connectivity index (χ4n) is 6.31. The van der Waals surface area contributed by atoms with Gasteiger partial charge in [-0.15, -0.1) is 6.58 Å². The van der Waals surface area contributed by atoms with Crippen molar-refractivity contribution in [3.05, 3.63) is 12.7 Å². The lowest BCUT2D eigenvalue weighted by molar-refractivity contribution is -0.154. The van der Waals surface area contributed by atoms with Crippen molar-refractivity contribution in [1.29, 1.82) is 0 Å². The zero-order valence-corrected chi connectivity index (χ0v) is 21.9. The number of rotatable bonds is 10. The number of carboxylic acid groups (broad SMARTS) is 1. The summed E-state index contributed by atoms with van der Waals surface area (Å²) in [6, 6.07) is -1.65. The molecule has 4 heterocycles. The summed E-state index contributed by atoms with van der Waals surface area (Å²) in [4.78, 5) is 45.4. The highest BCUT2D eigenvalue weighted by molar-refractivity contribution is 9.09. The highest BCUT2D eigenvalue weighted by Gasteiger charge is 2.77. The summed E-state index contributed by atoms with van der Waals surface area (Å²) in [5, 5.41) is 20.2. The summed E-state index contributed by atoms with van der Waals surface area (Å²) in [5.74, 6) is -3.97. The van der Waals surface area contributed by atoms with E-state index in [0.29, 0.717) is 32.7 Å². The average molecular weight is 558 g/mol. The molecule has 10 nitrogen and oxygen atoms in total. The summed E-state index contributed by atoms with van der Waals surface area (Å²) >= 11 is 3.56. The Bertz CT molecular complexity index is 851. The Morgan fingerprint density at radius 2 is 2.03 bits per heavy atom. The number of carboxylic acids is 1. The van der Waals surface area contributed by atoms with E-state index in [-0.39, 0.29) is 29.8 Å². The minimum absolute atomic E-state index is 0.143. The van der Waals surface area contributed by atoms with Crippen LogP contribution in [0.25, 0.3) is 0 Å². The Hall–Kier alpha value is -1.53. The first kappa shape index (κ1) is 26.5. The number of alkyl halides is 1. The van der Waals surface area contributed by atoms with Crippen molar-refractivity contribution in [2.45, 2.75) is 48.9 Å². The van der Waals surface area contributed by atoms with Gasteiger partial charge in [0.15, 0.2) is 0 Å². The number of likely N-dealkylation sites (tertiary alicyclic amines) is 1. The molecule has 2 amide bonds. The van der Waals surface area contributed by atoms with E-state index in [2.05, 4.69) is 27.4 Å². The molecular formula is C24H36BrN3O7. The van der Waals surface area contributed by atoms with Crippen molar-refractivity contribution >= 4 is 33.7 Å². The van der Waals surface area contributed by atoms with E-state index in [1.165, 1.54) is 4.90 Å². The molecule has 0 radical (unpaired) electrons. The third-order valence-corrected chi connectivity index (χ3v) is 8.86. The first-order valence-corrected chi connectivity index (χ1v) is 13.3. The molecule has 0 aromatic rings. The van der Waals surface area contributed by atoms with Crippen molar-refractivity contribution in [2.24, 2.45) is 17.8 Å². The van der Waals surface area contributed by atoms with Crippen LogP contribution in [0.5, 0.6) is 0 Å². The van der Waals surface area contributed by atoms with Crippen molar-refractivity contribution in [2.75, 3.05) is 52.5 Å². The second kappa shape index (κ2) is 10.5. The zero-order valence-electron chi connectivity index (χ0n) is 20.3. The largest absolute Gasteiger partial charge is 0.481 e. The molecular weight excluding hydrogens is 522 g/mol. The van der Waals surface area contributed by atoms with Gasteiger partial charge in [0.1, 0.15) is 11.6 Å². The number of nitrogens with zero attached hydrogens (tertiary/aromatic N) is 3. The fourth-order valence-corrected chi connectivity index (χ4v) is 7.26. The van der Waals surface area contributed by atoms with Crippen molar-refractivity contribution in [1.82, 2.24) is 14.7 Å². The minimum atomic E-state index is -1.25. The van der Waals surface area contributed by atoms with Crippen molar-refractivity contribution in [3.8, 4) is 0 Å². The summed E-state index contributed by atoms with van der Waals surface area (Å²) < 4.78 is 11.7. The number of fused-ring (bicyclic) bond motifs is 1. The molecule has 35 heavy (non-hydrogen) atoms. The monoisotopic (exact) mass is 557 g/mol. The molecule has 196 valence electrons. The molecule has 1 spiro atoms. The number of hydrogen-bond acceptors (Lipinski definition) is 7. The molecule has 0 saturated carbocycles. The lowest BCUT2D eigenvalue weighted by atomic mass is 9.70. The van der Waals surface area contributed by atoms with Gasteiger partial charge in [-0.1, -0.05) is 35.9 Å². The van der Waals surface area contributed by atoms with Crippen LogP contribution in [0, 0.1) is 17.8 Å². The van der Waals surface area contributed by atoms with Gasteiger partial charge in [0.05, 0.1) is 43.8 Å². The maximum atomic E-state index is 14.2. The molecule has 4 fully saturated rings. The molecule has 11 heteroatoms. The first-order chi connectivity index (χ1) is 16.7. The predicted molar refractivity (Wildman–Crippen MR) is 130 cm³/mol. The normalized spacial score (nSPS) is 35.4. The van der Waals surface area contributed by atoms with Gasteiger partial charge >= 0.3 is 5.97 Å². The molecule has 0 aromatic carbocycles. The smallest absolute Gasteiger partial charge is 0.310 e. The van der Waals surface area contributed by atoms with Crippen LogP contribution in [-0.2, 0) is 23.9 Å². The van der Waals surface area contributed by atoms with Crippen LogP contribution in [-0.4, -0.2) is 124 Å². The lowest BCUT2D eigenvalue weighted by Crippen LogP contribution is -2.60. The van der Waals surface area contributed by atoms with E-state index in [0.717, 1.165) is 13.1 Å². The highest BCUT2D eigenvalue weighted by Crippen LogP contribution is 2.60. The number of halogens is 1. The van der Waals surface area contributed by atoms with E-state index in [1.807, 2.05) is 13.8 Å². The summed E-state index contributed by atoms with van der Waals surface area (Å²) in [5.41, 5.74) is -1.25. The van der Waals surface area contributed by atoms with Crippen LogP contribution >= 0.6 is 15.9 Å². The fraction of sp³-hybridized carbons (Fsp3) is 0.792. The SMILES string of the molecule is C=CCN(CCN1CCOCC1)C(=O)C1N([C@@H](CO)C(C)C)C(=O)[C@@H]2[C@H](C(=O)O)[C@H]3OC12CC3Br. The van der Waals surface area contributed by atoms with Gasteiger partial charge in [-0.2, -0.15) is 0 Å². The van der Waals surface area contributed by atoms with Gasteiger partial charge in [-0.05, 0) is 12.3 Å². The molecule has 4 aliphatic heterocycles. The molecule has 3 unspecified atom stereocenters. The number of aliphatic carboxylic acids is 1. The van der Waals surface area contributed by atoms with Crippen LogP contribution in [0.15, 0.2) is 12.7 Å². The predicted octanol–water partition coefficient (Wildman–Crippen LogP) is 0.183. The number of aliphatic hydroxyl groups is 1. The Labute approximate surface area is 214 Å². The minimum Gasteiger partial charge on any atom is -0.481 e. The highest BCUT2D eigenvalue weighted by atomic mass is 79.9. The van der Waals surface area contributed by atoms with E-state index in [4.69, 9.17) is 9.47 Å². The zero-order chi connectivity index (χ0) is 25.5. The van der Waals surface area contributed by atoms with Gasteiger partial charge in [-0.3, -0.25) is 19.3 Å². The molecule has 4 saturated heterocycles. The van der Waals surface area contributed by atoms with Crippen LogP contribution < -0.4 is 0 Å². The Morgan fingerprint density at radius 3 is 2.60 bits per heavy atom.